The molecule has 1 amide bonds. The van der Waals surface area contributed by atoms with Crippen molar-refractivity contribution in [3.63, 3.8) is 0 Å². The minimum absolute atomic E-state index is 0.314. The molecule has 0 spiro atoms. The molecule has 0 fully saturated rings. The van der Waals surface area contributed by atoms with Gasteiger partial charge in [-0.25, -0.2) is 0 Å². The first-order valence-corrected chi connectivity index (χ1v) is 11.8. The van der Waals surface area contributed by atoms with Crippen LogP contribution in [-0.4, -0.2) is 36.7 Å². The number of nitrogens with zero attached hydrogens (tertiary/aromatic N) is 2. The van der Waals surface area contributed by atoms with Crippen LogP contribution >= 0.6 is 0 Å². The molecule has 0 N–H and O–H groups in total. The maximum absolute atomic E-state index is 12.0. The van der Waals surface area contributed by atoms with Crippen LogP contribution in [0, 0.1) is 0 Å². The van der Waals surface area contributed by atoms with E-state index in [9.17, 15) is 4.79 Å². The van der Waals surface area contributed by atoms with Crippen LogP contribution in [0.25, 0.3) is 0 Å². The zero-order valence-corrected chi connectivity index (χ0v) is 18.0. The Kier molecular flexibility index (Phi) is 16.2. The third kappa shape index (κ3) is 14.6. The van der Waals surface area contributed by atoms with Gasteiger partial charge in [0.25, 0.3) is 0 Å². The molecule has 0 atom stereocenters. The van der Waals surface area contributed by atoms with Crippen molar-refractivity contribution in [2.75, 3.05) is 19.6 Å². The van der Waals surface area contributed by atoms with E-state index in [1.54, 1.807) is 0 Å². The van der Waals surface area contributed by atoms with Crippen molar-refractivity contribution in [3.8, 4) is 0 Å². The molecule has 1 rings (SSSR count). The Bertz CT molecular complexity index is 403. The summed E-state index contributed by atoms with van der Waals surface area (Å²) in [7, 11) is 0. The lowest BCUT2D eigenvalue weighted by Gasteiger charge is -2.23. The fraction of sp³-hybridized carbons (Fsp3) is 0.833. The summed E-state index contributed by atoms with van der Waals surface area (Å²) in [6.07, 6.45) is 26.7. The van der Waals surface area contributed by atoms with Crippen LogP contribution in [0.5, 0.6) is 0 Å². The summed E-state index contributed by atoms with van der Waals surface area (Å²) < 4.78 is 0. The number of allylic oxidation sites excluding steroid dienone is 2. The highest BCUT2D eigenvalue weighted by Crippen LogP contribution is 2.11. The van der Waals surface area contributed by atoms with Gasteiger partial charge in [0.05, 0.1) is 6.54 Å². The summed E-state index contributed by atoms with van der Waals surface area (Å²) in [5.74, 6) is 0.314. The molecule has 1 aliphatic heterocycles. The second kappa shape index (κ2) is 18.3. The third-order valence-corrected chi connectivity index (χ3v) is 5.41. The SMILES string of the molecule is CCCCCCCCC=CCCCCCCCCN1CC/N=C\CCC1=O. The number of hydrogen-bond acceptors (Lipinski definition) is 2. The van der Waals surface area contributed by atoms with E-state index in [0.29, 0.717) is 12.3 Å². The van der Waals surface area contributed by atoms with Crippen LogP contribution in [0.1, 0.15) is 110 Å². The quantitative estimate of drug-likeness (QED) is 0.217. The van der Waals surface area contributed by atoms with Crippen molar-refractivity contribution in [3.05, 3.63) is 12.2 Å². The van der Waals surface area contributed by atoms with E-state index in [0.717, 1.165) is 32.5 Å². The number of amides is 1. The average Bonchev–Trinajstić information content (AvgIpc) is 2.66. The number of unbranched alkanes of at least 4 members (excludes halogenated alkanes) is 12. The highest BCUT2D eigenvalue weighted by atomic mass is 16.2. The average molecular weight is 377 g/mol. The number of aliphatic imine (C=N–C) groups is 1. The zero-order valence-electron chi connectivity index (χ0n) is 18.0. The van der Waals surface area contributed by atoms with Crippen molar-refractivity contribution < 1.29 is 4.79 Å². The first-order chi connectivity index (χ1) is 13.3. The highest BCUT2D eigenvalue weighted by molar-refractivity contribution is 5.79. The number of rotatable bonds is 16. The molecular formula is C24H44N2O. The van der Waals surface area contributed by atoms with E-state index in [1.807, 2.05) is 11.1 Å². The summed E-state index contributed by atoms with van der Waals surface area (Å²) in [5.41, 5.74) is 0. The monoisotopic (exact) mass is 376 g/mol. The molecule has 0 aromatic rings. The van der Waals surface area contributed by atoms with Gasteiger partial charge in [-0.1, -0.05) is 76.9 Å². The van der Waals surface area contributed by atoms with Crippen LogP contribution in [0.15, 0.2) is 17.1 Å². The predicted octanol–water partition coefficient (Wildman–Crippen LogP) is 6.72. The standard InChI is InChI=1S/C24H44N2O/c1-2-3-4-5-6-7-8-9-10-11-12-13-14-15-16-17-22-26-23-21-25-20-18-19-24(26)27/h9-10,20H,2-8,11-19,21-23H2,1H3/b10-9?,25-20-. The fourth-order valence-electron chi connectivity index (χ4n) is 3.62. The Labute approximate surface area is 168 Å². The van der Waals surface area contributed by atoms with Crippen LogP contribution < -0.4 is 0 Å². The molecule has 0 bridgehead atoms. The van der Waals surface area contributed by atoms with Gasteiger partial charge in [0.15, 0.2) is 0 Å². The second-order valence-corrected chi connectivity index (χ2v) is 7.95. The summed E-state index contributed by atoms with van der Waals surface area (Å²) in [5, 5.41) is 0. The van der Waals surface area contributed by atoms with Crippen molar-refractivity contribution in [2.24, 2.45) is 4.99 Å². The lowest BCUT2D eigenvalue weighted by atomic mass is 10.1. The summed E-state index contributed by atoms with van der Waals surface area (Å²) in [6, 6.07) is 0. The van der Waals surface area contributed by atoms with Gasteiger partial charge in [-0.05, 0) is 44.7 Å². The molecule has 156 valence electrons. The van der Waals surface area contributed by atoms with Gasteiger partial charge in [-0.15, -0.1) is 0 Å². The van der Waals surface area contributed by atoms with Gasteiger partial charge in [0, 0.05) is 19.5 Å². The van der Waals surface area contributed by atoms with Crippen molar-refractivity contribution in [1.29, 1.82) is 0 Å². The molecular weight excluding hydrogens is 332 g/mol. The maximum atomic E-state index is 12.0. The maximum Gasteiger partial charge on any atom is 0.222 e. The van der Waals surface area contributed by atoms with E-state index in [2.05, 4.69) is 24.1 Å². The highest BCUT2D eigenvalue weighted by Gasteiger charge is 2.13. The first-order valence-electron chi connectivity index (χ1n) is 11.8. The Hall–Kier alpha value is -1.12. The molecule has 0 aromatic heterocycles. The summed E-state index contributed by atoms with van der Waals surface area (Å²) in [4.78, 5) is 18.4. The minimum atomic E-state index is 0.314. The molecule has 0 radical (unpaired) electrons. The molecule has 0 saturated heterocycles. The number of carbonyl (C=O) groups excluding carboxylic acids is 1. The molecule has 0 saturated carbocycles. The topological polar surface area (TPSA) is 32.7 Å². The second-order valence-electron chi connectivity index (χ2n) is 7.95. The molecule has 1 aliphatic rings. The van der Waals surface area contributed by atoms with E-state index in [-0.39, 0.29) is 0 Å². The normalized spacial score (nSPS) is 16.6. The minimum Gasteiger partial charge on any atom is -0.341 e. The van der Waals surface area contributed by atoms with E-state index in [1.165, 1.54) is 83.5 Å². The molecule has 3 heteroatoms. The lowest BCUT2D eigenvalue weighted by molar-refractivity contribution is -0.131. The van der Waals surface area contributed by atoms with Crippen LogP contribution in [0.2, 0.25) is 0 Å². The van der Waals surface area contributed by atoms with E-state index < -0.39 is 0 Å². The Morgan fingerprint density at radius 2 is 1.48 bits per heavy atom. The van der Waals surface area contributed by atoms with E-state index in [4.69, 9.17) is 0 Å². The Morgan fingerprint density at radius 1 is 0.889 bits per heavy atom. The van der Waals surface area contributed by atoms with Gasteiger partial charge in [0.2, 0.25) is 5.91 Å². The first kappa shape index (κ1) is 23.9. The molecule has 0 aliphatic carbocycles. The zero-order chi connectivity index (χ0) is 19.4. The van der Waals surface area contributed by atoms with Crippen molar-refractivity contribution in [1.82, 2.24) is 4.90 Å². The largest absolute Gasteiger partial charge is 0.341 e. The summed E-state index contributed by atoms with van der Waals surface area (Å²) in [6.45, 7) is 4.78. The molecule has 1 heterocycles. The Morgan fingerprint density at radius 3 is 2.15 bits per heavy atom. The smallest absolute Gasteiger partial charge is 0.222 e. The van der Waals surface area contributed by atoms with Gasteiger partial charge in [-0.3, -0.25) is 9.79 Å². The van der Waals surface area contributed by atoms with Crippen LogP contribution in [0.3, 0.4) is 0 Å². The van der Waals surface area contributed by atoms with Crippen molar-refractivity contribution >= 4 is 12.1 Å². The molecule has 0 aromatic carbocycles. The van der Waals surface area contributed by atoms with Gasteiger partial charge in [-0.2, -0.15) is 0 Å². The number of carbonyl (C=O) groups is 1. The van der Waals surface area contributed by atoms with Gasteiger partial charge >= 0.3 is 0 Å². The molecule has 3 nitrogen and oxygen atoms in total. The van der Waals surface area contributed by atoms with Crippen LogP contribution in [-0.2, 0) is 4.79 Å². The summed E-state index contributed by atoms with van der Waals surface area (Å²) >= 11 is 0. The van der Waals surface area contributed by atoms with Crippen LogP contribution in [0.4, 0.5) is 0 Å². The molecule has 27 heavy (non-hydrogen) atoms. The lowest BCUT2D eigenvalue weighted by Crippen LogP contribution is -2.34. The van der Waals surface area contributed by atoms with Gasteiger partial charge in [0.1, 0.15) is 0 Å². The molecule has 0 unspecified atom stereocenters. The van der Waals surface area contributed by atoms with Crippen molar-refractivity contribution in [2.45, 2.75) is 110 Å². The van der Waals surface area contributed by atoms with Gasteiger partial charge < -0.3 is 4.90 Å². The predicted molar refractivity (Wildman–Crippen MR) is 119 cm³/mol. The third-order valence-electron chi connectivity index (χ3n) is 5.41. The number of hydrogen-bond donors (Lipinski definition) is 0. The fourth-order valence-corrected chi connectivity index (χ4v) is 3.62. The van der Waals surface area contributed by atoms with E-state index >= 15 is 0 Å². The Balaban J connectivity index is 1.84.